The zero-order chi connectivity index (χ0) is 19.6. The van der Waals surface area contributed by atoms with Crippen molar-refractivity contribution in [2.75, 3.05) is 14.1 Å². The number of imidazole rings is 1. The number of thioether (sulfide) groups is 1. The van der Waals surface area contributed by atoms with E-state index in [-0.39, 0.29) is 4.90 Å². The summed E-state index contributed by atoms with van der Waals surface area (Å²) in [6, 6.07) is 5.15. The Morgan fingerprint density at radius 1 is 1.26 bits per heavy atom. The summed E-state index contributed by atoms with van der Waals surface area (Å²) in [5.41, 5.74) is 1.64. The standard InChI is InChI=1S/C17H24N6O2S2/c1-5-6-9-23-15-8-7-13(27(24,25)21(2)3)10-14(15)20-17(23)26-11-16-18-12-19-22(16)4/h7-8,10,12H,5-6,9,11H2,1-4H3. The summed E-state index contributed by atoms with van der Waals surface area (Å²) < 4.78 is 30.0. The fourth-order valence-corrected chi connectivity index (χ4v) is 4.63. The minimum Gasteiger partial charge on any atom is -0.319 e. The maximum Gasteiger partial charge on any atom is 0.242 e. The highest BCUT2D eigenvalue weighted by atomic mass is 32.2. The highest BCUT2D eigenvalue weighted by Gasteiger charge is 2.20. The Balaban J connectivity index is 1.99. The van der Waals surface area contributed by atoms with Crippen LogP contribution in [0.5, 0.6) is 0 Å². The minimum atomic E-state index is -3.49. The molecular formula is C17H24N6O2S2. The summed E-state index contributed by atoms with van der Waals surface area (Å²) in [7, 11) is 1.43. The van der Waals surface area contributed by atoms with E-state index in [0.29, 0.717) is 11.3 Å². The molecule has 0 saturated carbocycles. The molecular weight excluding hydrogens is 384 g/mol. The van der Waals surface area contributed by atoms with Gasteiger partial charge in [0.1, 0.15) is 12.2 Å². The second kappa shape index (κ2) is 7.99. The first-order valence-corrected chi connectivity index (χ1v) is 11.2. The zero-order valence-corrected chi connectivity index (χ0v) is 17.6. The molecule has 3 rings (SSSR count). The molecule has 10 heteroatoms. The number of benzene rings is 1. The minimum absolute atomic E-state index is 0.255. The molecule has 1 aromatic carbocycles. The van der Waals surface area contributed by atoms with Crippen LogP contribution in [0, 0.1) is 0 Å². The molecule has 2 aromatic heterocycles. The van der Waals surface area contributed by atoms with E-state index in [1.165, 1.54) is 24.7 Å². The molecule has 0 aliphatic carbocycles. The molecule has 0 N–H and O–H groups in total. The maximum absolute atomic E-state index is 12.4. The van der Waals surface area contributed by atoms with Crippen molar-refractivity contribution >= 4 is 32.8 Å². The van der Waals surface area contributed by atoms with Gasteiger partial charge in [-0.3, -0.25) is 4.68 Å². The van der Waals surface area contributed by atoms with Gasteiger partial charge in [-0.15, -0.1) is 0 Å². The lowest BCUT2D eigenvalue weighted by atomic mass is 10.3. The van der Waals surface area contributed by atoms with Crippen molar-refractivity contribution < 1.29 is 8.42 Å². The van der Waals surface area contributed by atoms with E-state index in [1.807, 2.05) is 13.1 Å². The van der Waals surface area contributed by atoms with E-state index in [4.69, 9.17) is 4.98 Å². The van der Waals surface area contributed by atoms with Crippen LogP contribution in [0.4, 0.5) is 0 Å². The van der Waals surface area contributed by atoms with Crippen LogP contribution in [0.2, 0.25) is 0 Å². The molecule has 0 radical (unpaired) electrons. The van der Waals surface area contributed by atoms with Crippen molar-refractivity contribution in [1.82, 2.24) is 28.6 Å². The predicted octanol–water partition coefficient (Wildman–Crippen LogP) is 2.51. The smallest absolute Gasteiger partial charge is 0.242 e. The molecule has 0 fully saturated rings. The van der Waals surface area contributed by atoms with Gasteiger partial charge in [0.15, 0.2) is 5.16 Å². The maximum atomic E-state index is 12.4. The summed E-state index contributed by atoms with van der Waals surface area (Å²) in [4.78, 5) is 9.22. The third kappa shape index (κ3) is 4.02. The number of hydrogen-bond donors (Lipinski definition) is 0. The average Bonchev–Trinajstić information content (AvgIpc) is 3.20. The Morgan fingerprint density at radius 2 is 2.04 bits per heavy atom. The Kier molecular flexibility index (Phi) is 5.87. The second-order valence-electron chi connectivity index (χ2n) is 6.43. The monoisotopic (exact) mass is 408 g/mol. The van der Waals surface area contributed by atoms with Crippen molar-refractivity contribution in [2.24, 2.45) is 7.05 Å². The lowest BCUT2D eigenvalue weighted by Gasteiger charge is -2.11. The number of unbranched alkanes of at least 4 members (excludes halogenated alkanes) is 1. The predicted molar refractivity (Wildman–Crippen MR) is 106 cm³/mol. The first-order chi connectivity index (χ1) is 12.8. The van der Waals surface area contributed by atoms with Crippen LogP contribution in [0.3, 0.4) is 0 Å². The molecule has 0 atom stereocenters. The largest absolute Gasteiger partial charge is 0.319 e. The van der Waals surface area contributed by atoms with Crippen LogP contribution in [0.25, 0.3) is 11.0 Å². The van der Waals surface area contributed by atoms with Gasteiger partial charge in [-0.05, 0) is 24.6 Å². The van der Waals surface area contributed by atoms with Crippen molar-refractivity contribution in [3.05, 3.63) is 30.4 Å². The summed E-state index contributed by atoms with van der Waals surface area (Å²) in [6.45, 7) is 2.99. The quantitative estimate of drug-likeness (QED) is 0.532. The highest BCUT2D eigenvalue weighted by Crippen LogP contribution is 2.28. The van der Waals surface area contributed by atoms with Crippen molar-refractivity contribution in [3.8, 4) is 0 Å². The molecule has 3 aromatic rings. The molecule has 8 nitrogen and oxygen atoms in total. The van der Waals surface area contributed by atoms with E-state index in [2.05, 4.69) is 21.6 Å². The van der Waals surface area contributed by atoms with Crippen LogP contribution in [-0.2, 0) is 29.4 Å². The first-order valence-electron chi connectivity index (χ1n) is 8.73. The normalized spacial score (nSPS) is 12.3. The molecule has 0 aliphatic rings. The van der Waals surface area contributed by atoms with Gasteiger partial charge in [-0.2, -0.15) is 5.10 Å². The van der Waals surface area contributed by atoms with Gasteiger partial charge in [-0.1, -0.05) is 25.1 Å². The van der Waals surface area contributed by atoms with E-state index in [0.717, 1.165) is 35.9 Å². The summed E-state index contributed by atoms with van der Waals surface area (Å²) in [5, 5.41) is 4.95. The highest BCUT2D eigenvalue weighted by molar-refractivity contribution is 7.98. The van der Waals surface area contributed by atoms with E-state index >= 15 is 0 Å². The van der Waals surface area contributed by atoms with Crippen molar-refractivity contribution in [1.29, 1.82) is 0 Å². The van der Waals surface area contributed by atoms with Gasteiger partial charge < -0.3 is 4.57 Å². The molecule has 2 heterocycles. The number of sulfonamides is 1. The lowest BCUT2D eigenvalue weighted by molar-refractivity contribution is 0.521. The number of aromatic nitrogens is 5. The fraction of sp³-hybridized carbons (Fsp3) is 0.471. The lowest BCUT2D eigenvalue weighted by Crippen LogP contribution is -2.22. The van der Waals surface area contributed by atoms with Gasteiger partial charge in [0, 0.05) is 27.7 Å². The summed E-state index contributed by atoms with van der Waals surface area (Å²) >= 11 is 1.58. The second-order valence-corrected chi connectivity index (χ2v) is 9.52. The van der Waals surface area contributed by atoms with E-state index in [1.54, 1.807) is 28.6 Å². The van der Waals surface area contributed by atoms with Crippen molar-refractivity contribution in [2.45, 2.75) is 42.1 Å². The zero-order valence-electron chi connectivity index (χ0n) is 16.0. The van der Waals surface area contributed by atoms with Crippen LogP contribution in [0.1, 0.15) is 25.6 Å². The third-order valence-corrected chi connectivity index (χ3v) is 7.12. The first kappa shape index (κ1) is 19.8. The average molecular weight is 409 g/mol. The molecule has 0 amide bonds. The molecule has 0 spiro atoms. The Morgan fingerprint density at radius 3 is 2.67 bits per heavy atom. The molecule has 0 aliphatic heterocycles. The fourth-order valence-electron chi connectivity index (χ4n) is 2.68. The third-order valence-electron chi connectivity index (χ3n) is 4.33. The van der Waals surface area contributed by atoms with Crippen LogP contribution >= 0.6 is 11.8 Å². The topological polar surface area (TPSA) is 85.9 Å². The van der Waals surface area contributed by atoms with Crippen molar-refractivity contribution in [3.63, 3.8) is 0 Å². The number of nitrogens with zero attached hydrogens (tertiary/aromatic N) is 6. The molecule has 0 bridgehead atoms. The van der Waals surface area contributed by atoms with Gasteiger partial charge in [0.2, 0.25) is 10.0 Å². The van der Waals surface area contributed by atoms with E-state index in [9.17, 15) is 8.42 Å². The Bertz CT molecular complexity index is 1040. The SMILES string of the molecule is CCCCn1c(SCc2ncnn2C)nc2cc(S(=O)(=O)N(C)C)ccc21. The van der Waals surface area contributed by atoms with E-state index < -0.39 is 10.0 Å². The Hall–Kier alpha value is -1.91. The molecule has 0 saturated heterocycles. The van der Waals surface area contributed by atoms with Crippen LogP contribution in [-0.4, -0.2) is 51.1 Å². The van der Waals surface area contributed by atoms with Gasteiger partial charge >= 0.3 is 0 Å². The number of rotatable bonds is 8. The van der Waals surface area contributed by atoms with Gasteiger partial charge in [-0.25, -0.2) is 22.7 Å². The van der Waals surface area contributed by atoms with Gasteiger partial charge in [0.05, 0.1) is 21.7 Å². The number of aryl methyl sites for hydroxylation is 2. The molecule has 27 heavy (non-hydrogen) atoms. The summed E-state index contributed by atoms with van der Waals surface area (Å²) in [5.74, 6) is 1.51. The Labute approximate surface area is 163 Å². The number of fused-ring (bicyclic) bond motifs is 1. The van der Waals surface area contributed by atoms with Crippen LogP contribution < -0.4 is 0 Å². The van der Waals surface area contributed by atoms with Gasteiger partial charge in [0.25, 0.3) is 0 Å². The summed E-state index contributed by atoms with van der Waals surface area (Å²) in [6.07, 6.45) is 3.63. The molecule has 146 valence electrons. The molecule has 0 unspecified atom stereocenters. The number of hydrogen-bond acceptors (Lipinski definition) is 6. The van der Waals surface area contributed by atoms with Crippen LogP contribution in [0.15, 0.2) is 34.6 Å².